The summed E-state index contributed by atoms with van der Waals surface area (Å²) in [5.74, 6) is 1.68. The molecule has 1 saturated carbocycles. The lowest BCUT2D eigenvalue weighted by Crippen LogP contribution is -2.41. The SMILES string of the molecule is C=CC(O)N(C)C1CCC(n2nc(-c3ccc(Oc4ccccc4)cc3)c3c(N)n[nH]c(=O)c32)CC1. The van der Waals surface area contributed by atoms with Crippen LogP contribution in [0.4, 0.5) is 5.82 Å². The lowest BCUT2D eigenvalue weighted by atomic mass is 9.90. The number of likely N-dealkylation sites (N-methyl/N-ethyl adjacent to an activating group) is 1. The summed E-state index contributed by atoms with van der Waals surface area (Å²) in [4.78, 5) is 14.8. The van der Waals surface area contributed by atoms with Crippen molar-refractivity contribution in [3.63, 3.8) is 0 Å². The number of nitrogens with two attached hydrogens (primary N) is 1. The van der Waals surface area contributed by atoms with Gasteiger partial charge in [-0.15, -0.1) is 0 Å². The van der Waals surface area contributed by atoms with E-state index in [0.717, 1.165) is 37.0 Å². The number of hydrogen-bond donors (Lipinski definition) is 3. The quantitative estimate of drug-likeness (QED) is 0.266. The Bertz CT molecular complexity index is 1410. The zero-order chi connectivity index (χ0) is 25.2. The van der Waals surface area contributed by atoms with Crippen LogP contribution < -0.4 is 16.0 Å². The molecule has 0 aliphatic heterocycles. The van der Waals surface area contributed by atoms with Crippen molar-refractivity contribution in [2.24, 2.45) is 0 Å². The number of ether oxygens (including phenoxy) is 1. The third kappa shape index (κ3) is 4.50. The molecular weight excluding hydrogens is 456 g/mol. The van der Waals surface area contributed by atoms with Crippen molar-refractivity contribution in [3.8, 4) is 22.8 Å². The van der Waals surface area contributed by atoms with Gasteiger partial charge in [-0.05, 0) is 75.2 Å². The number of hydrogen-bond acceptors (Lipinski definition) is 7. The van der Waals surface area contributed by atoms with E-state index in [2.05, 4.69) is 16.8 Å². The van der Waals surface area contributed by atoms with Crippen molar-refractivity contribution < 1.29 is 9.84 Å². The van der Waals surface area contributed by atoms with Crippen LogP contribution in [-0.4, -0.2) is 49.3 Å². The van der Waals surface area contributed by atoms with Crippen LogP contribution in [0.2, 0.25) is 0 Å². The van der Waals surface area contributed by atoms with Crippen LogP contribution in [0.1, 0.15) is 31.7 Å². The van der Waals surface area contributed by atoms with Crippen molar-refractivity contribution in [3.05, 3.63) is 77.6 Å². The van der Waals surface area contributed by atoms with E-state index in [4.69, 9.17) is 15.6 Å². The number of nitrogens with zero attached hydrogens (tertiary/aromatic N) is 4. The van der Waals surface area contributed by atoms with Gasteiger partial charge in [0.05, 0.1) is 11.4 Å². The lowest BCUT2D eigenvalue weighted by molar-refractivity contribution is 0.0139. The number of rotatable bonds is 7. The molecule has 0 saturated heterocycles. The molecule has 1 atom stereocenters. The Labute approximate surface area is 208 Å². The van der Waals surface area contributed by atoms with Gasteiger partial charge in [0.1, 0.15) is 28.9 Å². The maximum absolute atomic E-state index is 12.9. The van der Waals surface area contributed by atoms with E-state index in [9.17, 15) is 9.90 Å². The molecule has 0 bridgehead atoms. The Morgan fingerprint density at radius 1 is 1.14 bits per heavy atom. The number of aromatic amines is 1. The number of anilines is 1. The molecule has 2 aromatic heterocycles. The molecule has 186 valence electrons. The monoisotopic (exact) mass is 486 g/mol. The Morgan fingerprint density at radius 3 is 2.47 bits per heavy atom. The highest BCUT2D eigenvalue weighted by molar-refractivity contribution is 5.99. The third-order valence-electron chi connectivity index (χ3n) is 6.98. The van der Waals surface area contributed by atoms with Gasteiger partial charge >= 0.3 is 0 Å². The minimum absolute atomic E-state index is 0.0374. The van der Waals surface area contributed by atoms with Crippen molar-refractivity contribution in [1.82, 2.24) is 24.9 Å². The zero-order valence-electron chi connectivity index (χ0n) is 20.2. The summed E-state index contributed by atoms with van der Waals surface area (Å²) in [6.07, 6.45) is 4.23. The first-order chi connectivity index (χ1) is 17.5. The molecule has 5 rings (SSSR count). The minimum Gasteiger partial charge on any atom is -0.457 e. The molecular formula is C27H30N6O3. The van der Waals surface area contributed by atoms with E-state index in [1.54, 1.807) is 0 Å². The minimum atomic E-state index is -0.675. The van der Waals surface area contributed by atoms with Crippen LogP contribution in [0.3, 0.4) is 0 Å². The zero-order valence-corrected chi connectivity index (χ0v) is 20.2. The van der Waals surface area contributed by atoms with E-state index in [1.807, 2.05) is 71.2 Å². The maximum atomic E-state index is 12.9. The number of aromatic nitrogens is 4. The molecule has 4 N–H and O–H groups in total. The van der Waals surface area contributed by atoms with Crippen LogP contribution in [-0.2, 0) is 0 Å². The third-order valence-corrected chi connectivity index (χ3v) is 6.98. The second-order valence-corrected chi connectivity index (χ2v) is 9.17. The molecule has 36 heavy (non-hydrogen) atoms. The summed E-state index contributed by atoms with van der Waals surface area (Å²) < 4.78 is 7.72. The van der Waals surface area contributed by atoms with Crippen LogP contribution in [0.25, 0.3) is 22.2 Å². The topological polar surface area (TPSA) is 122 Å². The Balaban J connectivity index is 1.46. The first-order valence-electron chi connectivity index (χ1n) is 12.1. The van der Waals surface area contributed by atoms with Crippen molar-refractivity contribution >= 4 is 16.7 Å². The van der Waals surface area contributed by atoms with E-state index in [0.29, 0.717) is 22.3 Å². The summed E-state index contributed by atoms with van der Waals surface area (Å²) in [6, 6.07) is 17.4. The van der Waals surface area contributed by atoms with Crippen LogP contribution in [0.5, 0.6) is 11.5 Å². The van der Waals surface area contributed by atoms with E-state index in [1.165, 1.54) is 6.08 Å². The highest BCUT2D eigenvalue weighted by Gasteiger charge is 2.30. The van der Waals surface area contributed by atoms with Crippen LogP contribution in [0.15, 0.2) is 72.0 Å². The Morgan fingerprint density at radius 2 is 1.81 bits per heavy atom. The number of nitrogen functional groups attached to an aromatic ring is 1. The van der Waals surface area contributed by atoms with Gasteiger partial charge < -0.3 is 15.6 Å². The summed E-state index contributed by atoms with van der Waals surface area (Å²) in [6.45, 7) is 3.68. The summed E-state index contributed by atoms with van der Waals surface area (Å²) in [7, 11) is 1.90. The lowest BCUT2D eigenvalue weighted by Gasteiger charge is -2.36. The fourth-order valence-corrected chi connectivity index (χ4v) is 4.98. The maximum Gasteiger partial charge on any atom is 0.290 e. The molecule has 0 spiro atoms. The van der Waals surface area contributed by atoms with Crippen LogP contribution >= 0.6 is 0 Å². The second-order valence-electron chi connectivity index (χ2n) is 9.17. The number of aliphatic hydroxyl groups is 1. The molecule has 0 amide bonds. The van der Waals surface area contributed by atoms with Crippen molar-refractivity contribution in [1.29, 1.82) is 0 Å². The van der Waals surface area contributed by atoms with Gasteiger partial charge in [-0.25, -0.2) is 5.10 Å². The molecule has 1 fully saturated rings. The van der Waals surface area contributed by atoms with E-state index in [-0.39, 0.29) is 23.5 Å². The number of benzene rings is 2. The van der Waals surface area contributed by atoms with Crippen LogP contribution in [0, 0.1) is 0 Å². The second kappa shape index (κ2) is 9.96. The summed E-state index contributed by atoms with van der Waals surface area (Å²) in [5.41, 5.74) is 7.80. The number of H-pyrrole nitrogens is 1. The fraction of sp³-hybridized carbons (Fsp3) is 0.296. The first kappa shape index (κ1) is 23.8. The number of fused-ring (bicyclic) bond motifs is 1. The predicted molar refractivity (Wildman–Crippen MR) is 140 cm³/mol. The summed E-state index contributed by atoms with van der Waals surface area (Å²) >= 11 is 0. The van der Waals surface area contributed by atoms with E-state index >= 15 is 0 Å². The standard InChI is InChI=1S/C27H30N6O3/c1-3-22(34)32(2)18-11-13-19(14-12-18)33-25-23(26(28)29-30-27(25)35)24(31-33)17-9-15-21(16-10-17)36-20-7-5-4-6-8-20/h3-10,15-16,18-19,22,34H,1,11-14H2,2H3,(H2,28,29)(H,30,35). The Kier molecular flexibility index (Phi) is 6.58. The van der Waals surface area contributed by atoms with Gasteiger partial charge in [0.2, 0.25) is 0 Å². The average molecular weight is 487 g/mol. The van der Waals surface area contributed by atoms with Crippen molar-refractivity contribution in [2.45, 2.75) is 44.0 Å². The molecule has 2 aromatic carbocycles. The fourth-order valence-electron chi connectivity index (χ4n) is 4.98. The smallest absolute Gasteiger partial charge is 0.290 e. The first-order valence-corrected chi connectivity index (χ1v) is 12.1. The highest BCUT2D eigenvalue weighted by atomic mass is 16.5. The molecule has 2 heterocycles. The molecule has 0 radical (unpaired) electrons. The number of para-hydroxylation sites is 1. The van der Waals surface area contributed by atoms with Gasteiger partial charge in [-0.1, -0.05) is 24.8 Å². The number of aliphatic hydroxyl groups excluding tert-OH is 1. The van der Waals surface area contributed by atoms with Gasteiger partial charge in [0.15, 0.2) is 5.82 Å². The van der Waals surface area contributed by atoms with Gasteiger partial charge in [0.25, 0.3) is 5.56 Å². The summed E-state index contributed by atoms with van der Waals surface area (Å²) in [5, 5.41) is 22.1. The van der Waals surface area contributed by atoms with Gasteiger partial charge in [-0.2, -0.15) is 10.2 Å². The van der Waals surface area contributed by atoms with Crippen molar-refractivity contribution in [2.75, 3.05) is 12.8 Å². The molecule has 1 aliphatic rings. The highest BCUT2D eigenvalue weighted by Crippen LogP contribution is 2.37. The predicted octanol–water partition coefficient (Wildman–Crippen LogP) is 4.08. The van der Waals surface area contributed by atoms with E-state index < -0.39 is 6.23 Å². The largest absolute Gasteiger partial charge is 0.457 e. The van der Waals surface area contributed by atoms with Gasteiger partial charge in [0, 0.05) is 11.6 Å². The average Bonchev–Trinajstić information content (AvgIpc) is 3.33. The Hall–Kier alpha value is -3.95. The molecule has 9 nitrogen and oxygen atoms in total. The number of nitrogens with one attached hydrogen (secondary N) is 1. The molecule has 4 aromatic rings. The molecule has 9 heteroatoms. The van der Waals surface area contributed by atoms with Gasteiger partial charge in [-0.3, -0.25) is 14.4 Å². The molecule has 1 aliphatic carbocycles. The normalized spacial score (nSPS) is 18.9. The molecule has 1 unspecified atom stereocenters.